The number of hydrogen-bond donors (Lipinski definition) is 0. The zero-order valence-corrected chi connectivity index (χ0v) is 25.3. The highest BCUT2D eigenvalue weighted by Gasteiger charge is 2.23. The van der Waals surface area contributed by atoms with Gasteiger partial charge in [0.1, 0.15) is 34.2 Å². The summed E-state index contributed by atoms with van der Waals surface area (Å²) < 4.78 is 0. The second kappa shape index (κ2) is 10.7. The van der Waals surface area contributed by atoms with Crippen molar-refractivity contribution in [2.75, 3.05) is 0 Å². The van der Waals surface area contributed by atoms with Crippen LogP contribution in [0.15, 0.2) is 133 Å². The van der Waals surface area contributed by atoms with E-state index < -0.39 is 0 Å². The maximum atomic E-state index is 10.3. The van der Waals surface area contributed by atoms with E-state index in [2.05, 4.69) is 36.4 Å². The molecule has 0 atom stereocenters. The number of fused-ring (bicyclic) bond motifs is 4. The molecule has 0 saturated carbocycles. The molecule has 2 heterocycles. The van der Waals surface area contributed by atoms with Crippen LogP contribution in [0, 0.1) is 22.7 Å². The highest BCUT2D eigenvalue weighted by Crippen LogP contribution is 2.41. The van der Waals surface area contributed by atoms with Gasteiger partial charge in [-0.05, 0) is 46.2 Å². The van der Waals surface area contributed by atoms with Crippen LogP contribution in [-0.4, -0.2) is 30.0 Å². The number of aromatic nitrogens is 6. The molecular formula is C40H22N8. The zero-order valence-electron chi connectivity index (χ0n) is 25.3. The fourth-order valence-corrected chi connectivity index (χ4v) is 6.60. The summed E-state index contributed by atoms with van der Waals surface area (Å²) in [5.74, 6) is 0. The largest absolute Gasteiger partial charge is 0.192 e. The van der Waals surface area contributed by atoms with Gasteiger partial charge in [0.05, 0.1) is 22.5 Å². The van der Waals surface area contributed by atoms with E-state index in [0.29, 0.717) is 33.2 Å². The van der Waals surface area contributed by atoms with Crippen LogP contribution in [0.5, 0.6) is 0 Å². The van der Waals surface area contributed by atoms with Crippen molar-refractivity contribution in [1.29, 1.82) is 10.5 Å². The lowest BCUT2D eigenvalue weighted by atomic mass is 9.90. The minimum Gasteiger partial charge on any atom is -0.192 e. The molecule has 0 saturated heterocycles. The van der Waals surface area contributed by atoms with Gasteiger partial charge in [-0.15, -0.1) is 20.4 Å². The van der Waals surface area contributed by atoms with Gasteiger partial charge >= 0.3 is 0 Å². The predicted octanol–water partition coefficient (Wildman–Crippen LogP) is 8.54. The molecule has 0 bridgehead atoms. The first-order valence-electron chi connectivity index (χ1n) is 15.4. The van der Waals surface area contributed by atoms with Gasteiger partial charge < -0.3 is 0 Å². The molecule has 7 aromatic carbocycles. The van der Waals surface area contributed by atoms with Gasteiger partial charge in [0.2, 0.25) is 0 Å². The molecule has 0 radical (unpaired) electrons. The van der Waals surface area contributed by atoms with E-state index in [-0.39, 0.29) is 0 Å². The number of nitrogens with zero attached hydrogens (tertiary/aromatic N) is 8. The summed E-state index contributed by atoms with van der Waals surface area (Å²) in [5, 5.41) is 43.5. The Morgan fingerprint density at radius 3 is 1.08 bits per heavy atom. The standard InChI is InChI=1S/C40H22N8/c41-23-33-29-15-7-9-17-31(29)35(39-37(33)43-47(45-39)27-11-3-1-4-12-27)25-19-21-26(22-20-25)36-32-18-10-8-16-30(32)34(24-42)38-40(36)46-48(44-38)28-13-5-2-6-14-28/h1-22H. The third-order valence-electron chi connectivity index (χ3n) is 8.77. The van der Waals surface area contributed by atoms with E-state index in [1.54, 1.807) is 9.59 Å². The van der Waals surface area contributed by atoms with Gasteiger partial charge in [-0.3, -0.25) is 0 Å². The van der Waals surface area contributed by atoms with Crippen LogP contribution in [0.2, 0.25) is 0 Å². The fourth-order valence-electron chi connectivity index (χ4n) is 6.60. The van der Waals surface area contributed by atoms with Gasteiger partial charge in [-0.1, -0.05) is 109 Å². The summed E-state index contributed by atoms with van der Waals surface area (Å²) in [6, 6.07) is 48.3. The quantitative estimate of drug-likeness (QED) is 0.197. The summed E-state index contributed by atoms with van der Waals surface area (Å²) in [5.41, 5.74) is 8.69. The molecule has 0 aliphatic carbocycles. The Bertz CT molecular complexity index is 2590. The summed E-state index contributed by atoms with van der Waals surface area (Å²) in [6.07, 6.45) is 0. The molecule has 0 aliphatic heterocycles. The second-order valence-corrected chi connectivity index (χ2v) is 11.4. The van der Waals surface area contributed by atoms with Crippen LogP contribution in [0.4, 0.5) is 0 Å². The summed E-state index contributed by atoms with van der Waals surface area (Å²) >= 11 is 0. The molecular weight excluding hydrogens is 592 g/mol. The Labute approximate surface area is 273 Å². The molecule has 0 fully saturated rings. The van der Waals surface area contributed by atoms with E-state index in [1.165, 1.54) is 0 Å². The molecule has 0 N–H and O–H groups in total. The molecule has 2 aromatic heterocycles. The fraction of sp³-hybridized carbons (Fsp3) is 0. The molecule has 0 aliphatic rings. The average Bonchev–Trinajstić information content (AvgIpc) is 3.79. The van der Waals surface area contributed by atoms with Gasteiger partial charge in [0.15, 0.2) is 0 Å². The van der Waals surface area contributed by atoms with Crippen molar-refractivity contribution in [2.45, 2.75) is 0 Å². The molecule has 9 aromatic rings. The van der Waals surface area contributed by atoms with Gasteiger partial charge in [0, 0.05) is 21.9 Å². The average molecular weight is 615 g/mol. The number of rotatable bonds is 4. The van der Waals surface area contributed by atoms with Crippen LogP contribution in [-0.2, 0) is 0 Å². The summed E-state index contributed by atoms with van der Waals surface area (Å²) in [7, 11) is 0. The first-order chi connectivity index (χ1) is 23.7. The molecule has 8 heteroatoms. The SMILES string of the molecule is N#Cc1c2ccccc2c(-c2ccc(-c3c4ccccc4c(C#N)c4nn(-c5ccccc5)nc34)cc2)c2nn(-c3ccccc3)nc12. The van der Waals surface area contributed by atoms with Crippen molar-refractivity contribution in [3.63, 3.8) is 0 Å². The van der Waals surface area contributed by atoms with Crippen LogP contribution in [0.1, 0.15) is 11.1 Å². The molecule has 222 valence electrons. The second-order valence-electron chi connectivity index (χ2n) is 11.4. The highest BCUT2D eigenvalue weighted by molar-refractivity contribution is 6.15. The molecule has 0 unspecified atom stereocenters. The minimum absolute atomic E-state index is 0.496. The third kappa shape index (κ3) is 4.07. The number of hydrogen-bond acceptors (Lipinski definition) is 6. The summed E-state index contributed by atoms with van der Waals surface area (Å²) in [4.78, 5) is 3.19. The number of nitriles is 2. The zero-order chi connectivity index (χ0) is 32.2. The van der Waals surface area contributed by atoms with Gasteiger partial charge in [0.25, 0.3) is 0 Å². The molecule has 8 nitrogen and oxygen atoms in total. The van der Waals surface area contributed by atoms with Crippen molar-refractivity contribution in [1.82, 2.24) is 30.0 Å². The first kappa shape index (κ1) is 27.2. The lowest BCUT2D eigenvalue weighted by molar-refractivity contribution is 0.765. The Morgan fingerprint density at radius 2 is 0.708 bits per heavy atom. The predicted molar refractivity (Wildman–Crippen MR) is 187 cm³/mol. The van der Waals surface area contributed by atoms with Crippen LogP contribution >= 0.6 is 0 Å². The molecule has 9 rings (SSSR count). The maximum absolute atomic E-state index is 10.3. The van der Waals surface area contributed by atoms with Crippen molar-refractivity contribution in [2.24, 2.45) is 0 Å². The van der Waals surface area contributed by atoms with Crippen molar-refractivity contribution >= 4 is 43.6 Å². The van der Waals surface area contributed by atoms with E-state index in [1.807, 2.05) is 109 Å². The van der Waals surface area contributed by atoms with E-state index >= 15 is 0 Å². The number of para-hydroxylation sites is 2. The first-order valence-corrected chi connectivity index (χ1v) is 15.4. The van der Waals surface area contributed by atoms with Crippen molar-refractivity contribution in [3.05, 3.63) is 145 Å². The topological polar surface area (TPSA) is 109 Å². The van der Waals surface area contributed by atoms with Crippen molar-refractivity contribution < 1.29 is 0 Å². The molecule has 48 heavy (non-hydrogen) atoms. The Morgan fingerprint density at radius 1 is 0.375 bits per heavy atom. The lowest BCUT2D eigenvalue weighted by Crippen LogP contribution is -1.97. The van der Waals surface area contributed by atoms with E-state index in [0.717, 1.165) is 55.2 Å². The van der Waals surface area contributed by atoms with Gasteiger partial charge in [-0.25, -0.2) is 0 Å². The highest BCUT2D eigenvalue weighted by atomic mass is 15.5. The smallest absolute Gasteiger partial charge is 0.132 e. The third-order valence-corrected chi connectivity index (χ3v) is 8.77. The van der Waals surface area contributed by atoms with Crippen LogP contribution < -0.4 is 0 Å². The number of benzene rings is 7. The Balaban J connectivity index is 1.28. The van der Waals surface area contributed by atoms with Crippen molar-refractivity contribution in [3.8, 4) is 45.8 Å². The normalized spacial score (nSPS) is 11.3. The van der Waals surface area contributed by atoms with Crippen LogP contribution in [0.3, 0.4) is 0 Å². The van der Waals surface area contributed by atoms with E-state index in [4.69, 9.17) is 20.4 Å². The maximum Gasteiger partial charge on any atom is 0.132 e. The Kier molecular flexibility index (Phi) is 6.07. The minimum atomic E-state index is 0.496. The Hall–Kier alpha value is -7.16. The summed E-state index contributed by atoms with van der Waals surface area (Å²) in [6.45, 7) is 0. The van der Waals surface area contributed by atoms with E-state index in [9.17, 15) is 10.5 Å². The van der Waals surface area contributed by atoms with Crippen LogP contribution in [0.25, 0.3) is 77.2 Å². The molecule has 0 spiro atoms. The molecule has 0 amide bonds. The lowest BCUT2D eigenvalue weighted by Gasteiger charge is -2.12. The monoisotopic (exact) mass is 614 g/mol. The van der Waals surface area contributed by atoms with Gasteiger partial charge in [-0.2, -0.15) is 20.1 Å².